The Labute approximate surface area is 106 Å². The first-order chi connectivity index (χ1) is 8.58. The molecule has 0 atom stereocenters. The van der Waals surface area contributed by atoms with Crippen molar-refractivity contribution in [3.05, 3.63) is 54.4 Å². The molecule has 0 aliphatic heterocycles. The Balaban J connectivity index is 2.11. The molecule has 0 unspecified atom stereocenters. The highest BCUT2D eigenvalue weighted by Gasteiger charge is 2.12. The van der Waals surface area contributed by atoms with Gasteiger partial charge in [0.05, 0.1) is 4.90 Å². The van der Waals surface area contributed by atoms with Gasteiger partial charge in [0, 0.05) is 24.6 Å². The minimum Gasteiger partial charge on any atom is -0.399 e. The van der Waals surface area contributed by atoms with Gasteiger partial charge in [-0.15, -0.1) is 0 Å². The Morgan fingerprint density at radius 3 is 2.28 bits per heavy atom. The maximum absolute atomic E-state index is 11.9. The highest BCUT2D eigenvalue weighted by Crippen LogP contribution is 2.11. The van der Waals surface area contributed by atoms with Gasteiger partial charge < -0.3 is 5.73 Å². The first-order valence-corrected chi connectivity index (χ1v) is 6.80. The zero-order valence-electron chi connectivity index (χ0n) is 9.58. The summed E-state index contributed by atoms with van der Waals surface area (Å²) in [5, 5.41) is 0. The molecule has 18 heavy (non-hydrogen) atoms. The number of sulfonamides is 1. The second kappa shape index (κ2) is 5.16. The standard InChI is InChI=1S/C12H13N3O2S/c13-11-1-3-12(4-2-11)18(16,17)15-9-10-5-7-14-8-6-10/h1-8,15H,9,13H2. The summed E-state index contributed by atoms with van der Waals surface area (Å²) in [6.07, 6.45) is 3.24. The Bertz CT molecular complexity index is 610. The predicted molar refractivity (Wildman–Crippen MR) is 69.1 cm³/mol. The van der Waals surface area contributed by atoms with Gasteiger partial charge in [-0.2, -0.15) is 0 Å². The molecule has 0 saturated heterocycles. The van der Waals surface area contributed by atoms with E-state index < -0.39 is 10.0 Å². The van der Waals surface area contributed by atoms with E-state index in [4.69, 9.17) is 5.73 Å². The van der Waals surface area contributed by atoms with Crippen LogP contribution in [0.2, 0.25) is 0 Å². The molecule has 0 aliphatic rings. The van der Waals surface area contributed by atoms with Crippen LogP contribution in [0, 0.1) is 0 Å². The number of rotatable bonds is 4. The first-order valence-electron chi connectivity index (χ1n) is 5.32. The first kappa shape index (κ1) is 12.5. The van der Waals surface area contributed by atoms with Gasteiger partial charge in [0.25, 0.3) is 0 Å². The van der Waals surface area contributed by atoms with Crippen molar-refractivity contribution >= 4 is 15.7 Å². The fourth-order valence-electron chi connectivity index (χ4n) is 1.41. The van der Waals surface area contributed by atoms with E-state index in [1.165, 1.54) is 12.1 Å². The average Bonchev–Trinajstić information content (AvgIpc) is 2.38. The summed E-state index contributed by atoms with van der Waals surface area (Å²) >= 11 is 0. The molecule has 0 spiro atoms. The Morgan fingerprint density at radius 1 is 1.06 bits per heavy atom. The lowest BCUT2D eigenvalue weighted by Gasteiger charge is -2.06. The topological polar surface area (TPSA) is 85.1 Å². The summed E-state index contributed by atoms with van der Waals surface area (Å²) in [4.78, 5) is 4.07. The number of aromatic nitrogens is 1. The van der Waals surface area contributed by atoms with Crippen molar-refractivity contribution in [2.75, 3.05) is 5.73 Å². The quantitative estimate of drug-likeness (QED) is 0.810. The zero-order valence-corrected chi connectivity index (χ0v) is 10.4. The van der Waals surface area contributed by atoms with Crippen LogP contribution in [0.1, 0.15) is 5.56 Å². The molecule has 1 aromatic heterocycles. The van der Waals surface area contributed by atoms with E-state index in [2.05, 4.69) is 9.71 Å². The van der Waals surface area contributed by atoms with E-state index >= 15 is 0 Å². The van der Waals surface area contributed by atoms with Gasteiger partial charge in [-0.05, 0) is 42.0 Å². The molecular formula is C12H13N3O2S. The van der Waals surface area contributed by atoms with E-state index in [0.29, 0.717) is 5.69 Å². The number of hydrogen-bond donors (Lipinski definition) is 2. The number of nitrogens with one attached hydrogen (secondary N) is 1. The normalized spacial score (nSPS) is 11.3. The van der Waals surface area contributed by atoms with Crippen molar-refractivity contribution in [3.63, 3.8) is 0 Å². The van der Waals surface area contributed by atoms with Gasteiger partial charge in [0.2, 0.25) is 10.0 Å². The monoisotopic (exact) mass is 263 g/mol. The molecule has 1 heterocycles. The Hall–Kier alpha value is -1.92. The van der Waals surface area contributed by atoms with Crippen LogP contribution < -0.4 is 10.5 Å². The second-order valence-electron chi connectivity index (χ2n) is 3.75. The SMILES string of the molecule is Nc1ccc(S(=O)(=O)NCc2ccncc2)cc1. The summed E-state index contributed by atoms with van der Waals surface area (Å²) in [6, 6.07) is 9.58. The molecule has 2 rings (SSSR count). The fourth-order valence-corrected chi connectivity index (χ4v) is 2.43. The molecule has 0 radical (unpaired) electrons. The molecule has 0 fully saturated rings. The van der Waals surface area contributed by atoms with Gasteiger partial charge >= 0.3 is 0 Å². The van der Waals surface area contributed by atoms with E-state index in [9.17, 15) is 8.42 Å². The summed E-state index contributed by atoms with van der Waals surface area (Å²) in [5.74, 6) is 0. The third kappa shape index (κ3) is 3.06. The van der Waals surface area contributed by atoms with E-state index in [-0.39, 0.29) is 11.4 Å². The molecular weight excluding hydrogens is 250 g/mol. The highest BCUT2D eigenvalue weighted by molar-refractivity contribution is 7.89. The van der Waals surface area contributed by atoms with E-state index in [1.807, 2.05) is 0 Å². The van der Waals surface area contributed by atoms with Crippen LogP contribution in [0.3, 0.4) is 0 Å². The number of pyridine rings is 1. The van der Waals surface area contributed by atoms with Crippen LogP contribution in [0.25, 0.3) is 0 Å². The lowest BCUT2D eigenvalue weighted by Crippen LogP contribution is -2.23. The molecule has 0 saturated carbocycles. The predicted octanol–water partition coefficient (Wildman–Crippen LogP) is 1.14. The minimum absolute atomic E-state index is 0.200. The highest BCUT2D eigenvalue weighted by atomic mass is 32.2. The van der Waals surface area contributed by atoms with Gasteiger partial charge in [0.1, 0.15) is 0 Å². The van der Waals surface area contributed by atoms with Gasteiger partial charge in [-0.1, -0.05) is 0 Å². The number of nitrogens with two attached hydrogens (primary N) is 1. The zero-order chi connectivity index (χ0) is 13.0. The van der Waals surface area contributed by atoms with Crippen LogP contribution in [0.5, 0.6) is 0 Å². The van der Waals surface area contributed by atoms with Crippen molar-refractivity contribution < 1.29 is 8.42 Å². The summed E-state index contributed by atoms with van der Waals surface area (Å²) in [5.41, 5.74) is 6.89. The van der Waals surface area contributed by atoms with Crippen molar-refractivity contribution in [1.82, 2.24) is 9.71 Å². The minimum atomic E-state index is -3.50. The number of hydrogen-bond acceptors (Lipinski definition) is 4. The van der Waals surface area contributed by atoms with Gasteiger partial charge in [-0.3, -0.25) is 4.98 Å². The second-order valence-corrected chi connectivity index (χ2v) is 5.52. The number of nitrogens with zero attached hydrogens (tertiary/aromatic N) is 1. The van der Waals surface area contributed by atoms with Crippen LogP contribution in [-0.4, -0.2) is 13.4 Å². The van der Waals surface area contributed by atoms with Crippen LogP contribution in [0.15, 0.2) is 53.7 Å². The van der Waals surface area contributed by atoms with Crippen LogP contribution in [0.4, 0.5) is 5.69 Å². The van der Waals surface area contributed by atoms with Crippen molar-refractivity contribution in [3.8, 4) is 0 Å². The maximum Gasteiger partial charge on any atom is 0.240 e. The maximum atomic E-state index is 11.9. The lowest BCUT2D eigenvalue weighted by atomic mass is 10.3. The van der Waals surface area contributed by atoms with E-state index in [1.54, 1.807) is 36.7 Å². The third-order valence-electron chi connectivity index (χ3n) is 2.41. The number of nitrogen functional groups attached to an aromatic ring is 1. The molecule has 0 amide bonds. The third-order valence-corrected chi connectivity index (χ3v) is 3.82. The molecule has 2 aromatic rings. The summed E-state index contributed by atoms with van der Waals surface area (Å²) in [6.45, 7) is 0.231. The fraction of sp³-hybridized carbons (Fsp3) is 0.0833. The van der Waals surface area contributed by atoms with Crippen LogP contribution in [-0.2, 0) is 16.6 Å². The Kier molecular flexibility index (Phi) is 3.59. The average molecular weight is 263 g/mol. The number of anilines is 1. The van der Waals surface area contributed by atoms with Crippen molar-refractivity contribution in [1.29, 1.82) is 0 Å². The molecule has 6 heteroatoms. The molecule has 3 N–H and O–H groups in total. The van der Waals surface area contributed by atoms with Crippen LogP contribution >= 0.6 is 0 Å². The molecule has 5 nitrogen and oxygen atoms in total. The smallest absolute Gasteiger partial charge is 0.240 e. The molecule has 0 bridgehead atoms. The van der Waals surface area contributed by atoms with Crippen molar-refractivity contribution in [2.45, 2.75) is 11.4 Å². The molecule has 1 aromatic carbocycles. The molecule has 94 valence electrons. The van der Waals surface area contributed by atoms with Crippen molar-refractivity contribution in [2.24, 2.45) is 0 Å². The summed E-state index contributed by atoms with van der Waals surface area (Å²) < 4.78 is 26.4. The lowest BCUT2D eigenvalue weighted by molar-refractivity contribution is 0.581. The number of benzene rings is 1. The Morgan fingerprint density at radius 2 is 1.67 bits per heavy atom. The van der Waals surface area contributed by atoms with Gasteiger partial charge in [0.15, 0.2) is 0 Å². The van der Waals surface area contributed by atoms with Gasteiger partial charge in [-0.25, -0.2) is 13.1 Å². The van der Waals surface area contributed by atoms with E-state index in [0.717, 1.165) is 5.56 Å². The largest absolute Gasteiger partial charge is 0.399 e. The summed E-state index contributed by atoms with van der Waals surface area (Å²) in [7, 11) is -3.50. The molecule has 0 aliphatic carbocycles.